The second kappa shape index (κ2) is 13.0. The van der Waals surface area contributed by atoms with Crippen molar-refractivity contribution in [2.75, 3.05) is 5.32 Å². The molecule has 12 aromatic rings. The van der Waals surface area contributed by atoms with Crippen molar-refractivity contribution in [1.29, 1.82) is 0 Å². The highest BCUT2D eigenvalue weighted by molar-refractivity contribution is 6.74. The molecule has 0 saturated carbocycles. The Hall–Kier alpha value is -7.18. The number of aryl methyl sites for hydroxylation is 1. The van der Waals surface area contributed by atoms with Gasteiger partial charge in [-0.25, -0.2) is 0 Å². The van der Waals surface area contributed by atoms with Crippen LogP contribution in [0.25, 0.3) is 104 Å². The molecule has 0 amide bonds. The number of rotatable bonds is 3. The normalized spacial score (nSPS) is 15.4. The van der Waals surface area contributed by atoms with Crippen LogP contribution in [0.3, 0.4) is 0 Å². The molecule has 0 fully saturated rings. The quantitative estimate of drug-likeness (QED) is 0.180. The molecular weight excluding hydrogens is 819 g/mol. The lowest BCUT2D eigenvalue weighted by Gasteiger charge is -2.41. The topological polar surface area (TPSA) is 56.4 Å². The molecule has 0 saturated heterocycles. The Labute approximate surface area is 389 Å². The highest BCUT2D eigenvalue weighted by Gasteiger charge is 2.38. The van der Waals surface area contributed by atoms with E-state index in [9.17, 15) is 0 Å². The second-order valence-electron chi connectivity index (χ2n) is 21.9. The minimum Gasteiger partial charge on any atom is -0.456 e. The molecule has 0 unspecified atom stereocenters. The monoisotopic (exact) mass is 869 g/mol. The predicted molar refractivity (Wildman–Crippen MR) is 282 cm³/mol. The average molecular weight is 870 g/mol. The van der Waals surface area contributed by atoms with Gasteiger partial charge in [-0.15, -0.1) is 0 Å². The van der Waals surface area contributed by atoms with Crippen molar-refractivity contribution in [3.05, 3.63) is 150 Å². The fourth-order valence-corrected chi connectivity index (χ4v) is 11.9. The zero-order chi connectivity index (χ0) is 45.5. The first-order chi connectivity index (χ1) is 32.2. The van der Waals surface area contributed by atoms with Crippen LogP contribution in [0.15, 0.2) is 141 Å². The average Bonchev–Trinajstić information content (AvgIpc) is 4.05. The number of para-hydroxylation sites is 2. The number of nitrogens with zero attached hydrogens (tertiary/aromatic N) is 1. The van der Waals surface area contributed by atoms with E-state index in [1.807, 2.05) is 12.1 Å². The fraction of sp³-hybridized carbons (Fsp3) is 0.213. The molecule has 1 aliphatic carbocycles. The van der Waals surface area contributed by atoms with E-state index in [4.69, 9.17) is 13.3 Å². The minimum absolute atomic E-state index is 0.0450. The summed E-state index contributed by atoms with van der Waals surface area (Å²) in [5.41, 5.74) is 20.9. The van der Waals surface area contributed by atoms with Gasteiger partial charge >= 0.3 is 0 Å². The highest BCUT2D eigenvalue weighted by Crippen LogP contribution is 2.50. The number of anilines is 2. The first-order valence-corrected chi connectivity index (χ1v) is 23.9. The van der Waals surface area contributed by atoms with Crippen LogP contribution in [0.1, 0.15) is 83.6 Å². The van der Waals surface area contributed by atoms with Gasteiger partial charge in [0.25, 0.3) is 0 Å². The Morgan fingerprint density at radius 1 is 0.552 bits per heavy atom. The number of aromatic nitrogens is 1. The van der Waals surface area contributed by atoms with Gasteiger partial charge in [0, 0.05) is 83.7 Å². The maximum Gasteiger partial charge on any atom is 0.197 e. The van der Waals surface area contributed by atoms with E-state index in [-0.39, 0.29) is 16.2 Å². The third-order valence-corrected chi connectivity index (χ3v) is 15.7. The Bertz CT molecular complexity index is 4140. The summed E-state index contributed by atoms with van der Waals surface area (Å²) in [5, 5.41) is 13.1. The first kappa shape index (κ1) is 39.0. The third kappa shape index (κ3) is 5.50. The van der Waals surface area contributed by atoms with E-state index in [0.29, 0.717) is 0 Å². The molecule has 4 aromatic heterocycles. The number of fused-ring (bicyclic) bond motifs is 15. The summed E-state index contributed by atoms with van der Waals surface area (Å²) in [6.45, 7) is 18.7. The lowest BCUT2D eigenvalue weighted by Crippen LogP contribution is -2.37. The van der Waals surface area contributed by atoms with Crippen LogP contribution in [0, 0.1) is 6.92 Å². The Kier molecular flexibility index (Phi) is 7.60. The SMILES string of the molecule is Cc1cc(-c2cc3c(cc2Nc2ccc(C(C)(C)C)cc2)oc2cc4c(cc23)C(C)(C)CCC4(C)C)c2c3c1c1cc4c(cc1n3-c1cc3oc5ccccc5c3cc1[B]2)oc1ccccc14. The van der Waals surface area contributed by atoms with Crippen molar-refractivity contribution < 1.29 is 13.3 Å². The number of hydrogen-bond acceptors (Lipinski definition) is 4. The van der Waals surface area contributed by atoms with Crippen molar-refractivity contribution in [1.82, 2.24) is 4.57 Å². The van der Waals surface area contributed by atoms with Gasteiger partial charge < -0.3 is 23.1 Å². The Morgan fingerprint density at radius 3 is 1.84 bits per heavy atom. The summed E-state index contributed by atoms with van der Waals surface area (Å²) in [6, 6.07) is 46.7. The molecule has 6 heteroatoms. The molecule has 1 radical (unpaired) electrons. The second-order valence-corrected chi connectivity index (χ2v) is 21.9. The van der Waals surface area contributed by atoms with E-state index in [1.165, 1.54) is 49.4 Å². The number of nitrogens with one attached hydrogen (secondary N) is 1. The maximum absolute atomic E-state index is 6.94. The first-order valence-electron chi connectivity index (χ1n) is 23.9. The Balaban J connectivity index is 1.08. The van der Waals surface area contributed by atoms with Crippen LogP contribution in [-0.2, 0) is 16.2 Å². The largest absolute Gasteiger partial charge is 0.456 e. The van der Waals surface area contributed by atoms with E-state index < -0.39 is 0 Å². The van der Waals surface area contributed by atoms with Crippen LogP contribution in [0.4, 0.5) is 11.4 Å². The van der Waals surface area contributed by atoms with Gasteiger partial charge in [0.2, 0.25) is 0 Å². The van der Waals surface area contributed by atoms with Crippen molar-refractivity contribution in [2.24, 2.45) is 0 Å². The highest BCUT2D eigenvalue weighted by atomic mass is 16.3. The van der Waals surface area contributed by atoms with Gasteiger partial charge in [0.05, 0.1) is 11.2 Å². The molecule has 325 valence electrons. The molecular formula is C61H50BN2O3. The number of hydrogen-bond donors (Lipinski definition) is 1. The molecule has 8 aromatic carbocycles. The van der Waals surface area contributed by atoms with Crippen LogP contribution < -0.4 is 16.2 Å². The van der Waals surface area contributed by atoms with Crippen LogP contribution in [-0.4, -0.2) is 11.8 Å². The standard InChI is InChI=1S/C61H50BN2O3/c1-32-23-42(37-24-39-40-26-44-45(61(7,8)22-21-60(44,5)6)28-52(40)67-53(39)29-47(37)63-34-19-17-33(18-20-34)59(2,3)4)57-58-56(32)43-25-38-35-13-9-11-15-50(35)65-54(38)30-48(43)64(58)49-31-55-41(27-46(49)62-57)36-14-10-12-16-51(36)66-55/h9-20,23-31,63H,21-22H2,1-8H3. The van der Waals surface area contributed by atoms with Gasteiger partial charge in [-0.2, -0.15) is 0 Å². The summed E-state index contributed by atoms with van der Waals surface area (Å²) >= 11 is 0. The fourth-order valence-electron chi connectivity index (χ4n) is 11.9. The van der Waals surface area contributed by atoms with E-state index in [1.54, 1.807) is 0 Å². The molecule has 2 aliphatic rings. The zero-order valence-electron chi connectivity index (χ0n) is 39.3. The number of furan rings is 3. The molecule has 0 bridgehead atoms. The lowest BCUT2D eigenvalue weighted by atomic mass is 9.58. The number of benzene rings is 8. The molecule has 1 aliphatic heterocycles. The van der Waals surface area contributed by atoms with Gasteiger partial charge in [0.1, 0.15) is 33.5 Å². The smallest absolute Gasteiger partial charge is 0.197 e. The molecule has 14 rings (SSSR count). The lowest BCUT2D eigenvalue weighted by molar-refractivity contribution is 0.332. The molecule has 5 nitrogen and oxygen atoms in total. The summed E-state index contributed by atoms with van der Waals surface area (Å²) in [6.07, 6.45) is 2.30. The van der Waals surface area contributed by atoms with E-state index in [0.717, 1.165) is 112 Å². The summed E-state index contributed by atoms with van der Waals surface area (Å²) in [4.78, 5) is 0. The minimum atomic E-state index is 0.0450. The van der Waals surface area contributed by atoms with Crippen molar-refractivity contribution >= 4 is 117 Å². The molecule has 1 N–H and O–H groups in total. The van der Waals surface area contributed by atoms with Gasteiger partial charge in [-0.3, -0.25) is 0 Å². The van der Waals surface area contributed by atoms with Gasteiger partial charge in [0.15, 0.2) is 7.28 Å². The van der Waals surface area contributed by atoms with Crippen molar-refractivity contribution in [2.45, 2.75) is 84.5 Å². The molecule has 5 heterocycles. The molecule has 0 atom stereocenters. The Morgan fingerprint density at radius 2 is 1.13 bits per heavy atom. The summed E-state index contributed by atoms with van der Waals surface area (Å²) < 4.78 is 22.6. The van der Waals surface area contributed by atoms with Crippen LogP contribution in [0.5, 0.6) is 0 Å². The van der Waals surface area contributed by atoms with Gasteiger partial charge in [-0.1, -0.05) is 115 Å². The van der Waals surface area contributed by atoms with Crippen molar-refractivity contribution in [3.8, 4) is 16.8 Å². The van der Waals surface area contributed by atoms with E-state index in [2.05, 4.69) is 188 Å². The predicted octanol–water partition coefficient (Wildman–Crippen LogP) is 15.8. The van der Waals surface area contributed by atoms with Crippen molar-refractivity contribution in [3.63, 3.8) is 0 Å². The van der Waals surface area contributed by atoms with Crippen LogP contribution >= 0.6 is 0 Å². The third-order valence-electron chi connectivity index (χ3n) is 15.7. The summed E-state index contributed by atoms with van der Waals surface area (Å²) in [7, 11) is 2.42. The molecule has 0 spiro atoms. The maximum atomic E-state index is 6.94. The van der Waals surface area contributed by atoms with Crippen LogP contribution in [0.2, 0.25) is 0 Å². The summed E-state index contributed by atoms with van der Waals surface area (Å²) in [5.74, 6) is 0. The van der Waals surface area contributed by atoms with Gasteiger partial charge in [-0.05, 0) is 118 Å². The van der Waals surface area contributed by atoms with E-state index >= 15 is 0 Å². The molecule has 67 heavy (non-hydrogen) atoms. The zero-order valence-corrected chi connectivity index (χ0v) is 39.3.